The van der Waals surface area contributed by atoms with Gasteiger partial charge in [0, 0.05) is 19.5 Å². The molecular formula is C22H21F3N2O4S. The highest BCUT2D eigenvalue weighted by Gasteiger charge is 2.37. The third kappa shape index (κ3) is 4.50. The van der Waals surface area contributed by atoms with Crippen LogP contribution in [0.15, 0.2) is 53.4 Å². The second-order valence-electron chi connectivity index (χ2n) is 8.08. The van der Waals surface area contributed by atoms with E-state index in [2.05, 4.69) is 5.32 Å². The fraction of sp³-hybridized carbons (Fsp3) is 0.364. The number of hydrogen-bond donors (Lipinski definition) is 1. The van der Waals surface area contributed by atoms with E-state index in [0.717, 1.165) is 12.1 Å². The Morgan fingerprint density at radius 3 is 2.62 bits per heavy atom. The number of carbonyl (C=O) groups is 2. The van der Waals surface area contributed by atoms with E-state index < -0.39 is 33.5 Å². The summed E-state index contributed by atoms with van der Waals surface area (Å²) in [7, 11) is -3.39. The van der Waals surface area contributed by atoms with E-state index in [1.54, 1.807) is 18.2 Å². The number of alkyl halides is 3. The number of nitrogens with one attached hydrogen (secondary N) is 1. The summed E-state index contributed by atoms with van der Waals surface area (Å²) in [4.78, 5) is 26.8. The smallest absolute Gasteiger partial charge is 0.349 e. The van der Waals surface area contributed by atoms with E-state index >= 15 is 0 Å². The van der Waals surface area contributed by atoms with Gasteiger partial charge in [0.1, 0.15) is 0 Å². The van der Waals surface area contributed by atoms with Crippen molar-refractivity contribution in [2.75, 3.05) is 12.3 Å². The van der Waals surface area contributed by atoms with Crippen molar-refractivity contribution >= 4 is 21.7 Å². The van der Waals surface area contributed by atoms with E-state index in [4.69, 9.17) is 0 Å². The maximum atomic E-state index is 12.9. The number of carbonyl (C=O) groups excluding carboxylic acids is 2. The van der Waals surface area contributed by atoms with E-state index in [1.807, 2.05) is 0 Å². The Hall–Kier alpha value is -2.88. The van der Waals surface area contributed by atoms with Crippen LogP contribution in [0.25, 0.3) is 0 Å². The maximum Gasteiger partial charge on any atom is 0.416 e. The molecule has 1 saturated heterocycles. The predicted octanol–water partition coefficient (Wildman–Crippen LogP) is 3.09. The molecule has 0 bridgehead atoms. The number of nitrogens with zero attached hydrogens (tertiary/aromatic N) is 1. The van der Waals surface area contributed by atoms with E-state index in [0.29, 0.717) is 11.1 Å². The van der Waals surface area contributed by atoms with E-state index in [1.165, 1.54) is 23.1 Å². The largest absolute Gasteiger partial charge is 0.416 e. The van der Waals surface area contributed by atoms with Crippen molar-refractivity contribution in [2.24, 2.45) is 5.92 Å². The van der Waals surface area contributed by atoms with Crippen LogP contribution in [0.3, 0.4) is 0 Å². The Labute approximate surface area is 183 Å². The molecule has 2 aliphatic rings. The third-order valence-corrected chi connectivity index (χ3v) is 7.65. The molecule has 10 heteroatoms. The highest BCUT2D eigenvalue weighted by Crippen LogP contribution is 2.33. The average molecular weight is 466 g/mol. The molecule has 0 saturated carbocycles. The number of rotatable bonds is 4. The number of amides is 2. The van der Waals surface area contributed by atoms with Crippen LogP contribution in [-0.4, -0.2) is 37.4 Å². The van der Waals surface area contributed by atoms with Gasteiger partial charge in [-0.3, -0.25) is 9.59 Å². The standard InChI is InChI=1S/C22H21F3N2O4S/c23-22(24,25)16-5-3-4-14(10-16)12-27-13-15(11-20(27)28)21(29)26-18-8-9-32(30,31)19-7-2-1-6-17(18)19/h1-7,10,15,18H,8-9,11-13H2,(H,26,29). The third-order valence-electron chi connectivity index (χ3n) is 5.83. The van der Waals surface area contributed by atoms with Gasteiger partial charge in [0.25, 0.3) is 0 Å². The monoisotopic (exact) mass is 466 g/mol. The molecule has 1 fully saturated rings. The van der Waals surface area contributed by atoms with Gasteiger partial charge in [-0.25, -0.2) is 8.42 Å². The van der Waals surface area contributed by atoms with Gasteiger partial charge >= 0.3 is 6.18 Å². The number of halogens is 3. The number of sulfone groups is 1. The zero-order chi connectivity index (χ0) is 23.1. The molecular weight excluding hydrogens is 445 g/mol. The quantitative estimate of drug-likeness (QED) is 0.751. The van der Waals surface area contributed by atoms with Gasteiger partial charge in [0.2, 0.25) is 11.8 Å². The van der Waals surface area contributed by atoms with Crippen LogP contribution >= 0.6 is 0 Å². The zero-order valence-corrected chi connectivity index (χ0v) is 17.7. The molecule has 2 atom stereocenters. The minimum absolute atomic E-state index is 0.0168. The lowest BCUT2D eigenvalue weighted by Crippen LogP contribution is -2.38. The van der Waals surface area contributed by atoms with Gasteiger partial charge in [0.05, 0.1) is 28.2 Å². The van der Waals surface area contributed by atoms with Gasteiger partial charge < -0.3 is 10.2 Å². The van der Waals surface area contributed by atoms with Crippen molar-refractivity contribution in [1.29, 1.82) is 0 Å². The Kier molecular flexibility index (Phi) is 5.74. The molecule has 2 heterocycles. The first-order valence-electron chi connectivity index (χ1n) is 10.1. The molecule has 0 radical (unpaired) electrons. The Bertz CT molecular complexity index is 1160. The molecule has 0 aliphatic carbocycles. The second kappa shape index (κ2) is 8.23. The lowest BCUT2D eigenvalue weighted by atomic mass is 10.0. The minimum atomic E-state index is -4.47. The summed E-state index contributed by atoms with van der Waals surface area (Å²) >= 11 is 0. The van der Waals surface area contributed by atoms with Crippen LogP contribution in [0.4, 0.5) is 13.2 Å². The van der Waals surface area contributed by atoms with Gasteiger partial charge in [-0.15, -0.1) is 0 Å². The molecule has 2 amide bonds. The van der Waals surface area contributed by atoms with Gasteiger partial charge in [-0.1, -0.05) is 30.3 Å². The van der Waals surface area contributed by atoms with Crippen molar-refractivity contribution in [3.8, 4) is 0 Å². The summed E-state index contributed by atoms with van der Waals surface area (Å²) in [5.41, 5.74) is 0.0692. The van der Waals surface area contributed by atoms with Crippen LogP contribution in [0.1, 0.15) is 35.6 Å². The highest BCUT2D eigenvalue weighted by atomic mass is 32.2. The normalized spacial score (nSPS) is 22.5. The zero-order valence-electron chi connectivity index (χ0n) is 16.9. The fourth-order valence-electron chi connectivity index (χ4n) is 4.20. The first-order valence-corrected chi connectivity index (χ1v) is 11.8. The Morgan fingerprint density at radius 2 is 1.88 bits per heavy atom. The second-order valence-corrected chi connectivity index (χ2v) is 10.2. The predicted molar refractivity (Wildman–Crippen MR) is 109 cm³/mol. The molecule has 4 rings (SSSR count). The van der Waals surface area contributed by atoms with Crippen LogP contribution in [0, 0.1) is 5.92 Å². The summed E-state index contributed by atoms with van der Waals surface area (Å²) < 4.78 is 63.3. The van der Waals surface area contributed by atoms with Crippen molar-refractivity contribution in [2.45, 2.75) is 36.5 Å². The molecule has 0 aromatic heterocycles. The van der Waals surface area contributed by atoms with Crippen molar-refractivity contribution in [3.05, 3.63) is 65.2 Å². The maximum absolute atomic E-state index is 12.9. The lowest BCUT2D eigenvalue weighted by molar-refractivity contribution is -0.137. The first-order chi connectivity index (χ1) is 15.0. The summed E-state index contributed by atoms with van der Waals surface area (Å²) in [5, 5.41) is 2.86. The topological polar surface area (TPSA) is 83.5 Å². The summed E-state index contributed by atoms with van der Waals surface area (Å²) in [6, 6.07) is 10.8. The summed E-state index contributed by atoms with van der Waals surface area (Å²) in [6.45, 7) is 0.0740. The summed E-state index contributed by atoms with van der Waals surface area (Å²) in [6.07, 6.45) is -4.28. The minimum Gasteiger partial charge on any atom is -0.349 e. The molecule has 32 heavy (non-hydrogen) atoms. The lowest BCUT2D eigenvalue weighted by Gasteiger charge is -2.27. The van der Waals surface area contributed by atoms with E-state index in [9.17, 15) is 31.2 Å². The van der Waals surface area contributed by atoms with Gasteiger partial charge in [-0.05, 0) is 35.7 Å². The number of likely N-dealkylation sites (tertiary alicyclic amines) is 1. The summed E-state index contributed by atoms with van der Waals surface area (Å²) in [5.74, 6) is -1.42. The van der Waals surface area contributed by atoms with Crippen molar-refractivity contribution < 1.29 is 31.2 Å². The van der Waals surface area contributed by atoms with Crippen LogP contribution in [-0.2, 0) is 32.1 Å². The molecule has 0 spiro atoms. The molecule has 2 aliphatic heterocycles. The molecule has 2 aromatic carbocycles. The van der Waals surface area contributed by atoms with Gasteiger partial charge in [-0.2, -0.15) is 13.2 Å². The Morgan fingerprint density at radius 1 is 1.12 bits per heavy atom. The van der Waals surface area contributed by atoms with Crippen LogP contribution in [0.2, 0.25) is 0 Å². The average Bonchev–Trinajstić information content (AvgIpc) is 3.10. The number of fused-ring (bicyclic) bond motifs is 1. The molecule has 2 aromatic rings. The van der Waals surface area contributed by atoms with E-state index in [-0.39, 0.29) is 48.4 Å². The molecule has 170 valence electrons. The number of benzene rings is 2. The highest BCUT2D eigenvalue weighted by molar-refractivity contribution is 7.91. The Balaban J connectivity index is 1.43. The van der Waals surface area contributed by atoms with Crippen molar-refractivity contribution in [3.63, 3.8) is 0 Å². The SMILES string of the molecule is O=C(NC1CCS(=O)(=O)c2ccccc21)C1CC(=O)N(Cc2cccc(C(F)(F)F)c2)C1. The fourth-order valence-corrected chi connectivity index (χ4v) is 5.82. The van der Waals surface area contributed by atoms with Crippen LogP contribution < -0.4 is 5.32 Å². The molecule has 1 N–H and O–H groups in total. The first kappa shape index (κ1) is 22.3. The van der Waals surface area contributed by atoms with Crippen LogP contribution in [0.5, 0.6) is 0 Å². The van der Waals surface area contributed by atoms with Gasteiger partial charge in [0.15, 0.2) is 9.84 Å². The molecule has 6 nitrogen and oxygen atoms in total. The number of hydrogen-bond acceptors (Lipinski definition) is 4. The molecule has 2 unspecified atom stereocenters. The van der Waals surface area contributed by atoms with Crippen molar-refractivity contribution in [1.82, 2.24) is 10.2 Å².